The number of amides is 1. The first kappa shape index (κ1) is 28.8. The predicted octanol–water partition coefficient (Wildman–Crippen LogP) is 4.79. The van der Waals surface area contributed by atoms with Crippen LogP contribution in [0.25, 0.3) is 10.8 Å². The van der Waals surface area contributed by atoms with Crippen molar-refractivity contribution in [1.82, 2.24) is 14.6 Å². The molecule has 2 N–H and O–H groups in total. The fourth-order valence-corrected chi connectivity index (χ4v) is 6.13. The number of benzene rings is 2. The van der Waals surface area contributed by atoms with Gasteiger partial charge >= 0.3 is 12.1 Å². The Hall–Kier alpha value is -2.74. The van der Waals surface area contributed by atoms with Crippen molar-refractivity contribution < 1.29 is 36.3 Å². The Morgan fingerprint density at radius 2 is 1.86 bits per heavy atom. The van der Waals surface area contributed by atoms with Crippen LogP contribution in [0.4, 0.5) is 13.2 Å². The van der Waals surface area contributed by atoms with Crippen LogP contribution in [0.1, 0.15) is 22.3 Å². The van der Waals surface area contributed by atoms with E-state index in [1.54, 1.807) is 42.7 Å². The Kier molecular flexibility index (Phi) is 8.83. The molecular weight excluding hydrogens is 603 g/mol. The van der Waals surface area contributed by atoms with E-state index in [9.17, 15) is 26.4 Å². The summed E-state index contributed by atoms with van der Waals surface area (Å²) in [6.45, 7) is 2.44. The van der Waals surface area contributed by atoms with Gasteiger partial charge in [-0.3, -0.25) is 9.78 Å². The van der Waals surface area contributed by atoms with Gasteiger partial charge in [-0.25, -0.2) is 13.2 Å². The minimum atomic E-state index is -5.08. The third-order valence-corrected chi connectivity index (χ3v) is 8.21. The van der Waals surface area contributed by atoms with Gasteiger partial charge in [0.15, 0.2) is 0 Å². The molecule has 1 aliphatic heterocycles. The first-order valence-electron chi connectivity index (χ1n) is 10.6. The highest BCUT2D eigenvalue weighted by Crippen LogP contribution is 2.29. The molecule has 0 aliphatic carbocycles. The Morgan fingerprint density at radius 3 is 2.49 bits per heavy atom. The Balaban J connectivity index is 0.000000479. The van der Waals surface area contributed by atoms with E-state index in [1.807, 2.05) is 13.0 Å². The highest BCUT2D eigenvalue weighted by Gasteiger charge is 2.38. The zero-order valence-corrected chi connectivity index (χ0v) is 22.2. The number of hydrogen-bond donors (Lipinski definition) is 2. The van der Waals surface area contributed by atoms with Gasteiger partial charge < -0.3 is 10.4 Å². The number of aryl methyl sites for hydroxylation is 1. The summed E-state index contributed by atoms with van der Waals surface area (Å²) in [7, 11) is -3.72. The molecule has 198 valence electrons. The molecule has 0 saturated carbocycles. The molecule has 1 aromatic heterocycles. The van der Waals surface area contributed by atoms with Crippen molar-refractivity contribution in [3.8, 4) is 0 Å². The smallest absolute Gasteiger partial charge is 0.475 e. The van der Waals surface area contributed by atoms with Gasteiger partial charge in [-0.05, 0) is 48.6 Å². The molecule has 1 fully saturated rings. The SMILES string of the molecule is Cc1cncc2c(S(=O)(=O)N3CC[C@@H](NC(=O)c4ccc(Br)cc4Cl)C3)cccc12.O=C(O)C(F)(F)F. The summed E-state index contributed by atoms with van der Waals surface area (Å²) in [5, 5.41) is 11.8. The van der Waals surface area contributed by atoms with Gasteiger partial charge in [-0.15, -0.1) is 0 Å². The van der Waals surface area contributed by atoms with Gasteiger partial charge in [0.2, 0.25) is 10.0 Å². The molecule has 1 saturated heterocycles. The molecule has 1 amide bonds. The van der Waals surface area contributed by atoms with E-state index >= 15 is 0 Å². The number of carbonyl (C=O) groups excluding carboxylic acids is 1. The molecule has 2 heterocycles. The quantitative estimate of drug-likeness (QED) is 0.433. The van der Waals surface area contributed by atoms with Crippen molar-refractivity contribution in [2.75, 3.05) is 13.1 Å². The molecule has 4 rings (SSSR count). The summed E-state index contributed by atoms with van der Waals surface area (Å²) in [4.78, 5) is 25.9. The van der Waals surface area contributed by atoms with Crippen molar-refractivity contribution >= 4 is 60.2 Å². The van der Waals surface area contributed by atoms with E-state index in [-0.39, 0.29) is 23.4 Å². The first-order valence-corrected chi connectivity index (χ1v) is 13.2. The second-order valence-electron chi connectivity index (χ2n) is 8.06. The maximum atomic E-state index is 13.3. The van der Waals surface area contributed by atoms with Crippen molar-refractivity contribution in [3.63, 3.8) is 0 Å². The normalized spacial score (nSPS) is 16.2. The van der Waals surface area contributed by atoms with Gasteiger partial charge in [0, 0.05) is 41.4 Å². The third kappa shape index (κ3) is 6.78. The van der Waals surface area contributed by atoms with E-state index < -0.39 is 22.2 Å². The molecule has 1 aliphatic rings. The largest absolute Gasteiger partial charge is 0.490 e. The van der Waals surface area contributed by atoms with Gasteiger partial charge in [0.1, 0.15) is 0 Å². The van der Waals surface area contributed by atoms with E-state index in [1.165, 1.54) is 4.31 Å². The second-order valence-corrected chi connectivity index (χ2v) is 11.3. The highest BCUT2D eigenvalue weighted by atomic mass is 79.9. The average molecular weight is 623 g/mol. The molecule has 2 aromatic carbocycles. The maximum absolute atomic E-state index is 13.3. The lowest BCUT2D eigenvalue weighted by Gasteiger charge is -2.19. The van der Waals surface area contributed by atoms with Crippen LogP contribution in [0.2, 0.25) is 5.02 Å². The predicted molar refractivity (Wildman–Crippen MR) is 134 cm³/mol. The number of halogens is 5. The van der Waals surface area contributed by atoms with E-state index in [4.69, 9.17) is 21.5 Å². The van der Waals surface area contributed by atoms with Crippen LogP contribution in [0.3, 0.4) is 0 Å². The van der Waals surface area contributed by atoms with Crippen LogP contribution in [0.5, 0.6) is 0 Å². The Labute approximate surface area is 223 Å². The van der Waals surface area contributed by atoms with Crippen LogP contribution < -0.4 is 5.32 Å². The fraction of sp³-hybridized carbons (Fsp3) is 0.261. The van der Waals surface area contributed by atoms with E-state index in [0.29, 0.717) is 28.9 Å². The number of aromatic nitrogens is 1. The molecule has 37 heavy (non-hydrogen) atoms. The van der Waals surface area contributed by atoms with Crippen LogP contribution in [-0.4, -0.2) is 60.0 Å². The summed E-state index contributed by atoms with van der Waals surface area (Å²) in [5.41, 5.74) is 1.28. The summed E-state index contributed by atoms with van der Waals surface area (Å²) >= 11 is 9.47. The number of carbonyl (C=O) groups is 2. The van der Waals surface area contributed by atoms with Crippen LogP contribution >= 0.6 is 27.5 Å². The summed E-state index contributed by atoms with van der Waals surface area (Å²) in [5.74, 6) is -3.07. The monoisotopic (exact) mass is 621 g/mol. The van der Waals surface area contributed by atoms with Gasteiger partial charge in [0.25, 0.3) is 5.91 Å². The van der Waals surface area contributed by atoms with Crippen LogP contribution in [-0.2, 0) is 14.8 Å². The first-order chi connectivity index (χ1) is 17.2. The van der Waals surface area contributed by atoms with Crippen molar-refractivity contribution in [3.05, 3.63) is 69.4 Å². The van der Waals surface area contributed by atoms with Crippen molar-refractivity contribution in [2.45, 2.75) is 30.5 Å². The topological polar surface area (TPSA) is 117 Å². The number of nitrogens with zero attached hydrogens (tertiary/aromatic N) is 2. The lowest BCUT2D eigenvalue weighted by molar-refractivity contribution is -0.192. The van der Waals surface area contributed by atoms with Crippen LogP contribution in [0, 0.1) is 6.92 Å². The van der Waals surface area contributed by atoms with Gasteiger partial charge in [0.05, 0.1) is 15.5 Å². The number of sulfonamides is 1. The zero-order chi connectivity index (χ0) is 27.5. The average Bonchev–Trinajstić information content (AvgIpc) is 3.28. The number of aliphatic carboxylic acids is 1. The third-order valence-electron chi connectivity index (χ3n) is 5.49. The van der Waals surface area contributed by atoms with Crippen molar-refractivity contribution in [1.29, 1.82) is 0 Å². The number of carboxylic acid groups (broad SMARTS) is 1. The molecule has 1 atom stereocenters. The van der Waals surface area contributed by atoms with E-state index in [0.717, 1.165) is 15.4 Å². The summed E-state index contributed by atoms with van der Waals surface area (Å²) in [6.07, 6.45) is -1.26. The number of carboxylic acids is 1. The lowest BCUT2D eigenvalue weighted by Crippen LogP contribution is -2.38. The molecule has 8 nitrogen and oxygen atoms in total. The molecule has 0 spiro atoms. The number of rotatable bonds is 4. The zero-order valence-electron chi connectivity index (χ0n) is 19.1. The van der Waals surface area contributed by atoms with Gasteiger partial charge in [-0.1, -0.05) is 39.7 Å². The maximum Gasteiger partial charge on any atom is 0.490 e. The standard InChI is InChI=1S/C21H19BrClN3O3S.C2HF3O2/c1-13-10-24-11-18-16(13)3-2-4-20(18)30(28,29)26-8-7-15(12-26)25-21(27)17-6-5-14(22)9-19(17)23;3-2(4,5)1(6)7/h2-6,9-11,15H,7-8,12H2,1H3,(H,25,27);(H,6,7)/t15-;/m1./s1. The minimum Gasteiger partial charge on any atom is -0.475 e. The second kappa shape index (κ2) is 11.3. The number of pyridine rings is 1. The molecular formula is C23H20BrClF3N3O5S. The Bertz CT molecular complexity index is 1450. The minimum absolute atomic E-state index is 0.206. The molecule has 3 aromatic rings. The number of alkyl halides is 3. The molecule has 0 radical (unpaired) electrons. The highest BCUT2D eigenvalue weighted by molar-refractivity contribution is 9.10. The van der Waals surface area contributed by atoms with Gasteiger partial charge in [-0.2, -0.15) is 17.5 Å². The van der Waals surface area contributed by atoms with E-state index in [2.05, 4.69) is 26.2 Å². The summed E-state index contributed by atoms with van der Waals surface area (Å²) in [6, 6.07) is 9.97. The molecule has 0 unspecified atom stereocenters. The Morgan fingerprint density at radius 1 is 1.19 bits per heavy atom. The number of hydrogen-bond acceptors (Lipinski definition) is 5. The molecule has 0 bridgehead atoms. The van der Waals surface area contributed by atoms with Crippen molar-refractivity contribution in [2.24, 2.45) is 0 Å². The number of fused-ring (bicyclic) bond motifs is 1. The molecule has 14 heteroatoms. The number of nitrogens with one attached hydrogen (secondary N) is 1. The summed E-state index contributed by atoms with van der Waals surface area (Å²) < 4.78 is 60.6. The van der Waals surface area contributed by atoms with Crippen LogP contribution in [0.15, 0.2) is 58.2 Å². The fourth-order valence-electron chi connectivity index (χ4n) is 3.68. The lowest BCUT2D eigenvalue weighted by atomic mass is 10.1.